The Labute approximate surface area is 501 Å². The van der Waals surface area contributed by atoms with E-state index in [1.165, 1.54) is 27.7 Å². The van der Waals surface area contributed by atoms with Crippen molar-refractivity contribution in [3.63, 3.8) is 0 Å². The fraction of sp³-hybridized carbons (Fsp3) is 0.139. The first kappa shape index (κ1) is 66.1. The van der Waals surface area contributed by atoms with Gasteiger partial charge < -0.3 is 37.9 Å². The highest BCUT2D eigenvalue weighted by Crippen LogP contribution is 2.26. The monoisotopic (exact) mass is 1160 g/mol. The van der Waals surface area contributed by atoms with E-state index in [1.54, 1.807) is 131 Å². The van der Waals surface area contributed by atoms with Crippen LogP contribution in [0.5, 0.6) is 34.5 Å². The van der Waals surface area contributed by atoms with Crippen molar-refractivity contribution in [2.24, 2.45) is 0 Å². The summed E-state index contributed by atoms with van der Waals surface area (Å²) in [6.45, 7) is 16.1. The molecule has 440 valence electrons. The number of carbonyl (C=O) groups is 6. The molecule has 14 nitrogen and oxygen atoms in total. The molecule has 0 atom stereocenters. The number of rotatable bonds is 18. The highest BCUT2D eigenvalue weighted by atomic mass is 16.5. The zero-order valence-electron chi connectivity index (χ0n) is 49.3. The number of carbonyl (C=O) groups excluding carboxylic acids is 6. The number of hydrogen-bond donors (Lipinski definition) is 0. The van der Waals surface area contributed by atoms with Crippen molar-refractivity contribution in [1.29, 1.82) is 0 Å². The van der Waals surface area contributed by atoms with Crippen LogP contribution in [0.3, 0.4) is 0 Å². The SMILES string of the molecule is C=C(C)Oc1ccc(-c2ccc(OC)cc2)cc1.C=C(OCCOC)c1ccc(C(=O)Oc2ccc(C(C)=O)cc2)cc1.CC(=O)Oc1ccc(C(C)=O)cc1.COc1ccc2cc(C(=O)Oc3ccc(C(C)=O)cc3)ccc2c1.c1ccccc1. The van der Waals surface area contributed by atoms with Gasteiger partial charge in [0.2, 0.25) is 0 Å². The Kier molecular flexibility index (Phi) is 26.7. The summed E-state index contributed by atoms with van der Waals surface area (Å²) in [7, 11) is 4.88. The molecule has 0 saturated heterocycles. The van der Waals surface area contributed by atoms with Gasteiger partial charge in [-0.1, -0.05) is 98.1 Å². The molecule has 0 amide bonds. The highest BCUT2D eigenvalue weighted by molar-refractivity contribution is 5.98. The van der Waals surface area contributed by atoms with Crippen LogP contribution in [0.2, 0.25) is 0 Å². The Morgan fingerprint density at radius 1 is 0.337 bits per heavy atom. The molecule has 0 aromatic heterocycles. The maximum Gasteiger partial charge on any atom is 0.343 e. The predicted molar refractivity (Wildman–Crippen MR) is 335 cm³/mol. The summed E-state index contributed by atoms with van der Waals surface area (Å²) in [6.07, 6.45) is 0. The van der Waals surface area contributed by atoms with Gasteiger partial charge >= 0.3 is 17.9 Å². The molecule has 0 saturated carbocycles. The van der Waals surface area contributed by atoms with Gasteiger partial charge in [-0.3, -0.25) is 19.2 Å². The van der Waals surface area contributed by atoms with Gasteiger partial charge in [0.1, 0.15) is 46.9 Å². The second-order valence-electron chi connectivity index (χ2n) is 18.6. The Bertz CT molecular complexity index is 3640. The quantitative estimate of drug-likeness (QED) is 0.0261. The van der Waals surface area contributed by atoms with Crippen LogP contribution in [0.4, 0.5) is 0 Å². The number of Topliss-reactive ketones (excluding diaryl/α,β-unsaturated/α-hetero) is 3. The Morgan fingerprint density at radius 3 is 1.08 bits per heavy atom. The number of methoxy groups -OCH3 is 3. The third kappa shape index (κ3) is 22.6. The van der Waals surface area contributed by atoms with Gasteiger partial charge in [-0.2, -0.15) is 0 Å². The minimum absolute atomic E-state index is 0.00521. The van der Waals surface area contributed by atoms with Crippen LogP contribution in [0.15, 0.2) is 237 Å². The largest absolute Gasteiger partial charge is 0.497 e. The zero-order valence-corrected chi connectivity index (χ0v) is 49.3. The van der Waals surface area contributed by atoms with E-state index in [1.807, 2.05) is 116 Å². The molecule has 0 aliphatic carbocycles. The molecule has 0 aliphatic heterocycles. The minimum Gasteiger partial charge on any atom is -0.497 e. The fourth-order valence-corrected chi connectivity index (χ4v) is 7.46. The van der Waals surface area contributed by atoms with Crippen molar-refractivity contribution in [2.45, 2.75) is 34.6 Å². The number of fused-ring (bicyclic) bond motifs is 1. The molecule has 0 radical (unpaired) electrons. The summed E-state index contributed by atoms with van der Waals surface area (Å²) in [6, 6.07) is 65.0. The van der Waals surface area contributed by atoms with E-state index in [2.05, 4.69) is 13.2 Å². The molecule has 0 spiro atoms. The molecule has 86 heavy (non-hydrogen) atoms. The van der Waals surface area contributed by atoms with Gasteiger partial charge in [0.05, 0.1) is 37.7 Å². The molecule has 14 heteroatoms. The molecular formula is C72H68O14. The number of esters is 3. The van der Waals surface area contributed by atoms with E-state index in [4.69, 9.17) is 37.9 Å². The molecule has 0 aliphatic rings. The molecule has 9 aromatic rings. The van der Waals surface area contributed by atoms with Crippen molar-refractivity contribution in [2.75, 3.05) is 34.5 Å². The van der Waals surface area contributed by atoms with Crippen molar-refractivity contribution < 1.29 is 66.7 Å². The first-order valence-corrected chi connectivity index (χ1v) is 26.9. The van der Waals surface area contributed by atoms with Crippen LogP contribution in [0, 0.1) is 0 Å². The van der Waals surface area contributed by atoms with Gasteiger partial charge in [-0.25, -0.2) is 9.59 Å². The second-order valence-corrected chi connectivity index (χ2v) is 18.6. The summed E-state index contributed by atoms with van der Waals surface area (Å²) in [5.74, 6) is 3.51. The van der Waals surface area contributed by atoms with Crippen LogP contribution in [-0.4, -0.2) is 69.8 Å². The van der Waals surface area contributed by atoms with Crippen LogP contribution >= 0.6 is 0 Å². The van der Waals surface area contributed by atoms with E-state index >= 15 is 0 Å². The number of allylic oxidation sites excluding steroid dienone is 1. The number of benzene rings is 9. The average molecular weight is 1160 g/mol. The van der Waals surface area contributed by atoms with Gasteiger partial charge in [-0.15, -0.1) is 0 Å². The highest BCUT2D eigenvalue weighted by Gasteiger charge is 2.13. The molecule has 9 rings (SSSR count). The lowest BCUT2D eigenvalue weighted by molar-refractivity contribution is -0.131. The fourth-order valence-electron chi connectivity index (χ4n) is 7.46. The van der Waals surface area contributed by atoms with Gasteiger partial charge in [-0.05, 0) is 183 Å². The van der Waals surface area contributed by atoms with E-state index in [0.717, 1.165) is 44.7 Å². The van der Waals surface area contributed by atoms with Crippen LogP contribution < -0.4 is 28.4 Å². The summed E-state index contributed by atoms with van der Waals surface area (Å²) >= 11 is 0. The summed E-state index contributed by atoms with van der Waals surface area (Å²) in [5.41, 5.74) is 5.69. The topological polar surface area (TPSA) is 176 Å². The van der Waals surface area contributed by atoms with E-state index < -0.39 is 11.9 Å². The van der Waals surface area contributed by atoms with Gasteiger partial charge in [0.15, 0.2) is 17.3 Å². The Hall–Kier alpha value is -10.7. The first-order valence-electron chi connectivity index (χ1n) is 26.9. The molecule has 0 heterocycles. The summed E-state index contributed by atoms with van der Waals surface area (Å²) < 4.78 is 41.5. The first-order chi connectivity index (χ1) is 41.3. The second kappa shape index (κ2) is 34.7. The third-order valence-electron chi connectivity index (χ3n) is 12.0. The van der Waals surface area contributed by atoms with Gasteiger partial charge in [0.25, 0.3) is 0 Å². The minimum atomic E-state index is -0.479. The van der Waals surface area contributed by atoms with E-state index in [-0.39, 0.29) is 23.3 Å². The van der Waals surface area contributed by atoms with Crippen molar-refractivity contribution in [3.05, 3.63) is 271 Å². The summed E-state index contributed by atoms with van der Waals surface area (Å²) in [5, 5.41) is 1.91. The van der Waals surface area contributed by atoms with E-state index in [9.17, 15) is 28.8 Å². The number of ketones is 3. The molecular weight excluding hydrogens is 1090 g/mol. The van der Waals surface area contributed by atoms with E-state index in [0.29, 0.717) is 69.8 Å². The maximum atomic E-state index is 12.3. The predicted octanol–water partition coefficient (Wildman–Crippen LogP) is 15.8. The zero-order chi connectivity index (χ0) is 62.4. The lowest BCUT2D eigenvalue weighted by Gasteiger charge is -2.09. The standard InChI is InChI=1S/C20H20O5.C20H16O4.C16H16O2.C10H10O3.C6H6/c1-14(21)16-8-10-19(11-9-16)25-20(22)18-6-4-17(5-7-18)15(2)24-13-12-23-3;1-13(21)14-5-8-18(9-6-14)24-20(22)17-4-3-16-12-19(23-2)10-7-15(16)11-17;1-12(2)18-16-10-6-14(7-11-16)13-4-8-15(17-3)9-5-13;1-7(11)9-3-5-10(6-4-9)13-8(2)12;1-2-4-6-5-3-1/h4-11H,2,12-13H2,1,3H3;3-12H,1-2H3;4-11H,1H2,2-3H3;3-6H,1-2H3;1-6H. The molecule has 0 unspecified atom stereocenters. The molecule has 9 aromatic carbocycles. The molecule has 0 fully saturated rings. The lowest BCUT2D eigenvalue weighted by Crippen LogP contribution is -2.08. The van der Waals surface area contributed by atoms with Crippen molar-refractivity contribution in [3.8, 4) is 45.6 Å². The van der Waals surface area contributed by atoms with Crippen molar-refractivity contribution in [1.82, 2.24) is 0 Å². The third-order valence-corrected chi connectivity index (χ3v) is 12.0. The maximum absolute atomic E-state index is 12.3. The lowest BCUT2D eigenvalue weighted by atomic mass is 10.1. The molecule has 0 N–H and O–H groups in total. The Morgan fingerprint density at radius 2 is 0.674 bits per heavy atom. The number of ether oxygens (including phenoxy) is 8. The summed E-state index contributed by atoms with van der Waals surface area (Å²) in [4.78, 5) is 68.4. The number of hydrogen-bond acceptors (Lipinski definition) is 14. The van der Waals surface area contributed by atoms with Crippen LogP contribution in [0.1, 0.15) is 92.0 Å². The average Bonchev–Trinajstić information content (AvgIpc) is 3.58. The smallest absolute Gasteiger partial charge is 0.343 e. The normalized spacial score (nSPS) is 9.91. The van der Waals surface area contributed by atoms with Crippen LogP contribution in [0.25, 0.3) is 27.7 Å². The molecule has 0 bridgehead atoms. The Balaban J connectivity index is 0.000000207. The van der Waals surface area contributed by atoms with Gasteiger partial charge in [0, 0.05) is 36.3 Å². The van der Waals surface area contributed by atoms with Crippen molar-refractivity contribution >= 4 is 51.8 Å². The van der Waals surface area contributed by atoms with Crippen LogP contribution in [-0.2, 0) is 14.3 Å².